The molecule has 0 aliphatic carbocycles. The summed E-state index contributed by atoms with van der Waals surface area (Å²) in [5, 5.41) is 0.575. The Kier molecular flexibility index (Phi) is 6.12. The Hall–Kier alpha value is -3.15. The number of benzene rings is 2. The van der Waals surface area contributed by atoms with Gasteiger partial charge in [0.1, 0.15) is 18.2 Å². The number of likely N-dealkylation sites (N-methyl/N-ethyl adjacent to an activating group) is 1. The van der Waals surface area contributed by atoms with Crippen molar-refractivity contribution in [2.75, 3.05) is 20.2 Å². The molecule has 1 aliphatic rings. The summed E-state index contributed by atoms with van der Waals surface area (Å²) in [6.45, 7) is 1.60. The lowest BCUT2D eigenvalue weighted by atomic mass is 10.1. The van der Waals surface area contributed by atoms with Crippen molar-refractivity contribution in [1.82, 2.24) is 14.5 Å². The highest BCUT2D eigenvalue weighted by atomic mass is 16.5. The smallest absolute Gasteiger partial charge is 0.261 e. The van der Waals surface area contributed by atoms with Crippen LogP contribution in [-0.2, 0) is 13.0 Å². The summed E-state index contributed by atoms with van der Waals surface area (Å²) in [5.74, 6) is 1.51. The summed E-state index contributed by atoms with van der Waals surface area (Å²) in [7, 11) is 1.75. The minimum atomic E-state index is -0.109. The Morgan fingerprint density at radius 2 is 1.90 bits per heavy atom. The van der Waals surface area contributed by atoms with Crippen LogP contribution in [0.5, 0.6) is 5.75 Å². The van der Waals surface area contributed by atoms with E-state index >= 15 is 0 Å². The lowest BCUT2D eigenvalue weighted by molar-refractivity contribution is 0.0774. The maximum atomic E-state index is 12.9. The average molecular weight is 405 g/mol. The highest BCUT2D eigenvalue weighted by Gasteiger charge is 2.16. The van der Waals surface area contributed by atoms with Crippen molar-refractivity contribution < 1.29 is 9.53 Å². The summed E-state index contributed by atoms with van der Waals surface area (Å²) in [5.41, 5.74) is 1.14. The van der Waals surface area contributed by atoms with Gasteiger partial charge in [-0.2, -0.15) is 0 Å². The highest BCUT2D eigenvalue weighted by Crippen LogP contribution is 2.17. The van der Waals surface area contributed by atoms with Crippen molar-refractivity contribution in [2.24, 2.45) is 0 Å². The molecule has 0 atom stereocenters. The number of hydrogen-bond donors (Lipinski definition) is 0. The van der Waals surface area contributed by atoms with Crippen LogP contribution in [-0.4, -0.2) is 40.6 Å². The summed E-state index contributed by atoms with van der Waals surface area (Å²) in [6.07, 6.45) is 5.17. The van der Waals surface area contributed by atoms with Crippen molar-refractivity contribution in [2.45, 2.75) is 38.6 Å². The fraction of sp³-hybridized carbons (Fsp3) is 0.375. The number of nitrogens with zero attached hydrogens (tertiary/aromatic N) is 3. The van der Waals surface area contributed by atoms with Gasteiger partial charge in [0.15, 0.2) is 0 Å². The predicted octanol–water partition coefficient (Wildman–Crippen LogP) is 3.66. The number of ether oxygens (including phenoxy) is 1. The normalized spacial score (nSPS) is 13.9. The van der Waals surface area contributed by atoms with E-state index in [1.165, 1.54) is 6.42 Å². The molecule has 0 unspecified atom stereocenters. The van der Waals surface area contributed by atoms with Gasteiger partial charge in [0.05, 0.1) is 17.4 Å². The SMILES string of the molecule is CN(CCOc1ccccc1)C(=O)c1ccc2c(=O)n3c(nc2c1)CCCCCC3. The Labute approximate surface area is 176 Å². The van der Waals surface area contributed by atoms with Crippen LogP contribution in [0.1, 0.15) is 41.9 Å². The van der Waals surface area contributed by atoms with Crippen LogP contribution in [0.25, 0.3) is 10.9 Å². The monoisotopic (exact) mass is 405 g/mol. The van der Waals surface area contributed by atoms with E-state index in [1.54, 1.807) is 30.1 Å². The Bertz CT molecular complexity index is 1090. The number of hydrogen-bond acceptors (Lipinski definition) is 4. The molecule has 4 rings (SSSR count). The van der Waals surface area contributed by atoms with Crippen LogP contribution < -0.4 is 10.3 Å². The molecule has 1 aliphatic heterocycles. The van der Waals surface area contributed by atoms with Crippen molar-refractivity contribution in [1.29, 1.82) is 0 Å². The third-order valence-corrected chi connectivity index (χ3v) is 5.60. The van der Waals surface area contributed by atoms with Gasteiger partial charge in [0.25, 0.3) is 11.5 Å². The minimum Gasteiger partial charge on any atom is -0.492 e. The van der Waals surface area contributed by atoms with Crippen LogP contribution in [0.2, 0.25) is 0 Å². The second-order valence-corrected chi connectivity index (χ2v) is 7.77. The molecule has 156 valence electrons. The zero-order valence-electron chi connectivity index (χ0n) is 17.3. The first-order valence-corrected chi connectivity index (χ1v) is 10.6. The van der Waals surface area contributed by atoms with E-state index in [9.17, 15) is 9.59 Å². The third-order valence-electron chi connectivity index (χ3n) is 5.60. The molecule has 2 aromatic carbocycles. The van der Waals surface area contributed by atoms with E-state index < -0.39 is 0 Å². The van der Waals surface area contributed by atoms with Gasteiger partial charge < -0.3 is 9.64 Å². The largest absolute Gasteiger partial charge is 0.492 e. The average Bonchev–Trinajstić information content (AvgIpc) is 2.75. The van der Waals surface area contributed by atoms with Gasteiger partial charge in [-0.05, 0) is 43.2 Å². The summed E-state index contributed by atoms with van der Waals surface area (Å²) in [6, 6.07) is 14.7. The molecule has 0 saturated heterocycles. The number of para-hydroxylation sites is 1. The van der Waals surface area contributed by atoms with Crippen LogP contribution in [0.3, 0.4) is 0 Å². The van der Waals surface area contributed by atoms with Crippen LogP contribution in [0.15, 0.2) is 53.3 Å². The Morgan fingerprint density at radius 1 is 1.10 bits per heavy atom. The number of rotatable bonds is 5. The number of carbonyl (C=O) groups excluding carboxylic acids is 1. The molecule has 0 fully saturated rings. The Morgan fingerprint density at radius 3 is 2.73 bits per heavy atom. The molecule has 0 N–H and O–H groups in total. The quantitative estimate of drug-likeness (QED) is 0.650. The second kappa shape index (κ2) is 9.11. The van der Waals surface area contributed by atoms with E-state index in [4.69, 9.17) is 9.72 Å². The molecule has 0 bridgehead atoms. The fourth-order valence-corrected chi connectivity index (χ4v) is 3.87. The highest BCUT2D eigenvalue weighted by molar-refractivity contribution is 5.97. The molecule has 3 aromatic rings. The van der Waals surface area contributed by atoms with Gasteiger partial charge in [-0.15, -0.1) is 0 Å². The van der Waals surface area contributed by atoms with Gasteiger partial charge in [-0.1, -0.05) is 31.0 Å². The first kappa shape index (κ1) is 20.1. The van der Waals surface area contributed by atoms with E-state index in [1.807, 2.05) is 34.9 Å². The van der Waals surface area contributed by atoms with Crippen LogP contribution in [0, 0.1) is 0 Å². The molecule has 6 nitrogen and oxygen atoms in total. The van der Waals surface area contributed by atoms with Crippen molar-refractivity contribution in [3.63, 3.8) is 0 Å². The van der Waals surface area contributed by atoms with Gasteiger partial charge in [-0.3, -0.25) is 14.2 Å². The molecule has 2 heterocycles. The number of fused-ring (bicyclic) bond motifs is 2. The van der Waals surface area contributed by atoms with Crippen molar-refractivity contribution >= 4 is 16.8 Å². The van der Waals surface area contributed by atoms with E-state index in [2.05, 4.69) is 0 Å². The molecule has 30 heavy (non-hydrogen) atoms. The van der Waals surface area contributed by atoms with Gasteiger partial charge in [0, 0.05) is 25.6 Å². The third kappa shape index (κ3) is 4.37. The Balaban J connectivity index is 1.51. The maximum Gasteiger partial charge on any atom is 0.261 e. The topological polar surface area (TPSA) is 64.4 Å². The zero-order chi connectivity index (χ0) is 20.9. The van der Waals surface area contributed by atoms with Gasteiger partial charge in [0.2, 0.25) is 0 Å². The van der Waals surface area contributed by atoms with Crippen LogP contribution in [0.4, 0.5) is 0 Å². The fourth-order valence-electron chi connectivity index (χ4n) is 3.87. The zero-order valence-corrected chi connectivity index (χ0v) is 17.3. The molecule has 6 heteroatoms. The van der Waals surface area contributed by atoms with Gasteiger partial charge in [-0.25, -0.2) is 4.98 Å². The molecule has 1 amide bonds. The van der Waals surface area contributed by atoms with Gasteiger partial charge >= 0.3 is 0 Å². The summed E-state index contributed by atoms with van der Waals surface area (Å²) < 4.78 is 7.50. The lowest BCUT2D eigenvalue weighted by Gasteiger charge is -2.19. The second-order valence-electron chi connectivity index (χ2n) is 7.77. The summed E-state index contributed by atoms with van der Waals surface area (Å²) in [4.78, 5) is 32.2. The van der Waals surface area contributed by atoms with E-state index in [0.29, 0.717) is 29.6 Å². The molecule has 0 radical (unpaired) electrons. The van der Waals surface area contributed by atoms with E-state index in [-0.39, 0.29) is 11.5 Å². The number of aryl methyl sites for hydroxylation is 1. The van der Waals surface area contributed by atoms with E-state index in [0.717, 1.165) is 43.8 Å². The molecular weight excluding hydrogens is 378 g/mol. The van der Waals surface area contributed by atoms with Crippen molar-refractivity contribution in [3.8, 4) is 5.75 Å². The minimum absolute atomic E-state index is 0.000477. The van der Waals surface area contributed by atoms with Crippen LogP contribution >= 0.6 is 0 Å². The first-order valence-electron chi connectivity index (χ1n) is 10.6. The molecule has 0 saturated carbocycles. The number of amides is 1. The molecule has 0 spiro atoms. The number of aromatic nitrogens is 2. The number of carbonyl (C=O) groups is 1. The standard InChI is InChI=1S/C24H27N3O3/c1-26(15-16-30-19-9-5-4-6-10-19)23(28)18-12-13-20-21(17-18)25-22-11-7-2-3-8-14-27(22)24(20)29/h4-6,9-10,12-13,17H,2-3,7-8,11,14-16H2,1H3. The molecular formula is C24H27N3O3. The first-order chi connectivity index (χ1) is 14.6. The molecule has 1 aromatic heterocycles. The van der Waals surface area contributed by atoms with Crippen molar-refractivity contribution in [3.05, 3.63) is 70.3 Å². The lowest BCUT2D eigenvalue weighted by Crippen LogP contribution is -2.31. The summed E-state index contributed by atoms with van der Waals surface area (Å²) >= 11 is 0. The maximum absolute atomic E-state index is 12.9. The predicted molar refractivity (Wildman–Crippen MR) is 117 cm³/mol.